The predicted octanol–water partition coefficient (Wildman–Crippen LogP) is 2.73. The van der Waals surface area contributed by atoms with E-state index in [0.717, 1.165) is 27.7 Å². The van der Waals surface area contributed by atoms with E-state index in [0.29, 0.717) is 5.75 Å². The number of methoxy groups -OCH3 is 1. The Bertz CT molecular complexity index is 719. The van der Waals surface area contributed by atoms with Crippen molar-refractivity contribution in [2.45, 2.75) is 6.61 Å². The highest BCUT2D eigenvalue weighted by Crippen LogP contribution is 2.30. The maximum atomic E-state index is 9.40. The van der Waals surface area contributed by atoms with Crippen molar-refractivity contribution in [1.29, 1.82) is 0 Å². The van der Waals surface area contributed by atoms with Crippen LogP contribution in [0.4, 0.5) is 0 Å². The highest BCUT2D eigenvalue weighted by atomic mass is 16.5. The molecule has 0 saturated carbocycles. The van der Waals surface area contributed by atoms with Crippen LogP contribution in [-0.4, -0.2) is 22.2 Å². The number of rotatable bonds is 3. The van der Waals surface area contributed by atoms with Crippen molar-refractivity contribution in [2.24, 2.45) is 0 Å². The lowest BCUT2D eigenvalue weighted by molar-refractivity contribution is 0.274. The van der Waals surface area contributed by atoms with E-state index in [9.17, 15) is 5.11 Å². The van der Waals surface area contributed by atoms with Gasteiger partial charge in [0.15, 0.2) is 0 Å². The van der Waals surface area contributed by atoms with Crippen molar-refractivity contribution in [1.82, 2.24) is 9.97 Å². The molecule has 0 aliphatic rings. The number of aromatic nitrogens is 2. The van der Waals surface area contributed by atoms with E-state index in [1.165, 1.54) is 0 Å². The molecule has 2 aromatic heterocycles. The van der Waals surface area contributed by atoms with Crippen LogP contribution >= 0.6 is 0 Å². The zero-order valence-corrected chi connectivity index (χ0v) is 10.6. The Kier molecular flexibility index (Phi) is 2.93. The lowest BCUT2D eigenvalue weighted by Gasteiger charge is -2.09. The molecular formula is C15H14N2O2. The monoisotopic (exact) mass is 254 g/mol. The van der Waals surface area contributed by atoms with Crippen LogP contribution in [0.5, 0.6) is 5.75 Å². The smallest absolute Gasteiger partial charge is 0.137 e. The summed E-state index contributed by atoms with van der Waals surface area (Å²) < 4.78 is 5.22. The fourth-order valence-corrected chi connectivity index (χ4v) is 2.28. The molecule has 0 aliphatic carbocycles. The first kappa shape index (κ1) is 11.7. The Labute approximate surface area is 110 Å². The van der Waals surface area contributed by atoms with Gasteiger partial charge in [-0.25, -0.2) is 4.98 Å². The summed E-state index contributed by atoms with van der Waals surface area (Å²) in [5.74, 6) is 0.700. The fourth-order valence-electron chi connectivity index (χ4n) is 2.28. The number of fused-ring (bicyclic) bond motifs is 1. The summed E-state index contributed by atoms with van der Waals surface area (Å²) in [5.41, 5.74) is 3.76. The van der Waals surface area contributed by atoms with Gasteiger partial charge in [0.2, 0.25) is 0 Å². The number of pyridine rings is 1. The van der Waals surface area contributed by atoms with E-state index in [1.807, 2.05) is 36.5 Å². The van der Waals surface area contributed by atoms with Crippen molar-refractivity contribution >= 4 is 11.0 Å². The van der Waals surface area contributed by atoms with Crippen molar-refractivity contribution in [2.75, 3.05) is 7.11 Å². The lowest BCUT2D eigenvalue weighted by atomic mass is 10.0. The Hall–Kier alpha value is -2.33. The zero-order valence-electron chi connectivity index (χ0n) is 10.6. The average molecular weight is 254 g/mol. The van der Waals surface area contributed by atoms with Crippen molar-refractivity contribution in [3.05, 3.63) is 48.3 Å². The second kappa shape index (κ2) is 4.74. The summed E-state index contributed by atoms with van der Waals surface area (Å²) in [4.78, 5) is 7.37. The van der Waals surface area contributed by atoms with Crippen LogP contribution in [0.1, 0.15) is 5.56 Å². The normalized spacial score (nSPS) is 10.8. The molecule has 3 rings (SSSR count). The molecule has 0 spiro atoms. The summed E-state index contributed by atoms with van der Waals surface area (Å²) in [7, 11) is 1.60. The molecule has 96 valence electrons. The van der Waals surface area contributed by atoms with E-state index < -0.39 is 0 Å². The number of H-pyrrole nitrogens is 1. The summed E-state index contributed by atoms with van der Waals surface area (Å²) in [6, 6.07) is 9.78. The molecule has 0 bridgehead atoms. The van der Waals surface area contributed by atoms with Gasteiger partial charge < -0.3 is 14.8 Å². The first-order valence-electron chi connectivity index (χ1n) is 6.03. The molecule has 4 nitrogen and oxygen atoms in total. The molecular weight excluding hydrogens is 240 g/mol. The minimum atomic E-state index is -0.0433. The SMILES string of the molecule is COc1ccc(-c2ccnc3[nH]ccc23)cc1CO. The van der Waals surface area contributed by atoms with E-state index in [4.69, 9.17) is 4.74 Å². The van der Waals surface area contributed by atoms with E-state index in [2.05, 4.69) is 9.97 Å². The van der Waals surface area contributed by atoms with Gasteiger partial charge in [-0.3, -0.25) is 0 Å². The van der Waals surface area contributed by atoms with Crippen molar-refractivity contribution < 1.29 is 9.84 Å². The van der Waals surface area contributed by atoms with Gasteiger partial charge in [0, 0.05) is 23.3 Å². The number of nitrogens with one attached hydrogen (secondary N) is 1. The Morgan fingerprint density at radius 3 is 2.95 bits per heavy atom. The van der Waals surface area contributed by atoms with E-state index in [-0.39, 0.29) is 6.61 Å². The number of aliphatic hydroxyl groups excluding tert-OH is 1. The molecule has 19 heavy (non-hydrogen) atoms. The molecule has 0 radical (unpaired) electrons. The first-order valence-corrected chi connectivity index (χ1v) is 6.03. The average Bonchev–Trinajstić information content (AvgIpc) is 2.94. The second-order valence-electron chi connectivity index (χ2n) is 4.28. The highest BCUT2D eigenvalue weighted by molar-refractivity contribution is 5.93. The molecule has 1 aromatic carbocycles. The number of nitrogens with zero attached hydrogens (tertiary/aromatic N) is 1. The maximum Gasteiger partial charge on any atom is 0.137 e. The fraction of sp³-hybridized carbons (Fsp3) is 0.133. The topological polar surface area (TPSA) is 58.1 Å². The van der Waals surface area contributed by atoms with Gasteiger partial charge in [-0.15, -0.1) is 0 Å². The van der Waals surface area contributed by atoms with Crippen LogP contribution in [0.2, 0.25) is 0 Å². The standard InChI is InChI=1S/C15H14N2O2/c1-19-14-3-2-10(8-11(14)9-18)12-4-6-16-15-13(12)5-7-17-15/h2-8,18H,9H2,1H3,(H,16,17). The number of aliphatic hydroxyl groups is 1. The number of ether oxygens (including phenoxy) is 1. The molecule has 2 heterocycles. The molecule has 0 atom stereocenters. The van der Waals surface area contributed by atoms with Gasteiger partial charge in [0.25, 0.3) is 0 Å². The largest absolute Gasteiger partial charge is 0.496 e. The first-order chi connectivity index (χ1) is 9.33. The van der Waals surface area contributed by atoms with Crippen LogP contribution in [0, 0.1) is 0 Å². The van der Waals surface area contributed by atoms with Crippen LogP contribution in [0.3, 0.4) is 0 Å². The maximum absolute atomic E-state index is 9.40. The van der Waals surface area contributed by atoms with Crippen molar-refractivity contribution in [3.8, 4) is 16.9 Å². The minimum Gasteiger partial charge on any atom is -0.496 e. The Morgan fingerprint density at radius 2 is 2.16 bits per heavy atom. The summed E-state index contributed by atoms with van der Waals surface area (Å²) in [6.07, 6.45) is 3.65. The summed E-state index contributed by atoms with van der Waals surface area (Å²) >= 11 is 0. The molecule has 0 amide bonds. The summed E-state index contributed by atoms with van der Waals surface area (Å²) in [6.45, 7) is -0.0433. The van der Waals surface area contributed by atoms with Gasteiger partial charge in [-0.2, -0.15) is 0 Å². The molecule has 0 aliphatic heterocycles. The molecule has 0 saturated heterocycles. The third kappa shape index (κ3) is 1.96. The van der Waals surface area contributed by atoms with Gasteiger partial charge in [0.1, 0.15) is 11.4 Å². The molecule has 4 heteroatoms. The second-order valence-corrected chi connectivity index (χ2v) is 4.28. The minimum absolute atomic E-state index is 0.0433. The molecule has 0 unspecified atom stereocenters. The van der Waals surface area contributed by atoms with Gasteiger partial charge in [-0.05, 0) is 35.4 Å². The van der Waals surface area contributed by atoms with Gasteiger partial charge >= 0.3 is 0 Å². The summed E-state index contributed by atoms with van der Waals surface area (Å²) in [5, 5.41) is 10.5. The van der Waals surface area contributed by atoms with Gasteiger partial charge in [-0.1, -0.05) is 6.07 Å². The number of hydrogen-bond donors (Lipinski definition) is 2. The molecule has 0 fully saturated rings. The van der Waals surface area contributed by atoms with Crippen molar-refractivity contribution in [3.63, 3.8) is 0 Å². The molecule has 3 aromatic rings. The number of aromatic amines is 1. The molecule has 2 N–H and O–H groups in total. The number of hydrogen-bond acceptors (Lipinski definition) is 3. The van der Waals surface area contributed by atoms with E-state index >= 15 is 0 Å². The number of benzene rings is 1. The lowest BCUT2D eigenvalue weighted by Crippen LogP contribution is -1.92. The zero-order chi connectivity index (χ0) is 13.2. The van der Waals surface area contributed by atoms with E-state index in [1.54, 1.807) is 13.3 Å². The van der Waals surface area contributed by atoms with Crippen LogP contribution in [0.25, 0.3) is 22.2 Å². The predicted molar refractivity (Wildman–Crippen MR) is 74.0 cm³/mol. The van der Waals surface area contributed by atoms with Crippen LogP contribution in [-0.2, 0) is 6.61 Å². The Morgan fingerprint density at radius 1 is 1.26 bits per heavy atom. The Balaban J connectivity index is 2.19. The quantitative estimate of drug-likeness (QED) is 0.755. The van der Waals surface area contributed by atoms with Gasteiger partial charge in [0.05, 0.1) is 13.7 Å². The van der Waals surface area contributed by atoms with Crippen LogP contribution in [0.15, 0.2) is 42.7 Å². The third-order valence-corrected chi connectivity index (χ3v) is 3.22. The van der Waals surface area contributed by atoms with Crippen LogP contribution < -0.4 is 4.74 Å². The third-order valence-electron chi connectivity index (χ3n) is 3.22. The highest BCUT2D eigenvalue weighted by Gasteiger charge is 2.08.